The number of hydrogen-bond acceptors (Lipinski definition) is 11. The fourth-order valence-corrected chi connectivity index (χ4v) is 7.34. The second kappa shape index (κ2) is 32.3. The lowest BCUT2D eigenvalue weighted by atomic mass is 10.0. The summed E-state index contributed by atoms with van der Waals surface area (Å²) >= 11 is 0. The van der Waals surface area contributed by atoms with E-state index >= 15 is 0 Å². The fraction of sp³-hybridized carbons (Fsp3) is 0.460. The van der Waals surface area contributed by atoms with Crippen LogP contribution in [0, 0.1) is 0 Å². The SMILES string of the molecule is O=C(O)CCC(NC(=O)NC(CCCCNC(=O)CCCCCCCNC(=O)C(Cc1ccccc1)NC(=O)C(Cc1ccccc1)NC(=O)CCc1ccc(CNCC(=O)O)c(O)c1)C(=O)O)C(=O)O. The minimum atomic E-state index is -1.51. The average Bonchev–Trinajstić information content (AvgIpc) is 3.32. The molecule has 386 valence electrons. The maximum Gasteiger partial charge on any atom is 0.326 e. The van der Waals surface area contributed by atoms with Crippen LogP contribution in [0.1, 0.15) is 99.3 Å². The minimum Gasteiger partial charge on any atom is -0.508 e. The van der Waals surface area contributed by atoms with Gasteiger partial charge in [0.25, 0.3) is 0 Å². The van der Waals surface area contributed by atoms with Crippen LogP contribution in [-0.4, -0.2) is 123 Å². The summed E-state index contributed by atoms with van der Waals surface area (Å²) < 4.78 is 0. The third kappa shape index (κ3) is 24.5. The maximum absolute atomic E-state index is 14.0. The van der Waals surface area contributed by atoms with Gasteiger partial charge in [0.2, 0.25) is 23.6 Å². The number of phenols is 1. The van der Waals surface area contributed by atoms with E-state index < -0.39 is 72.3 Å². The molecule has 6 amide bonds. The quantitative estimate of drug-likeness (QED) is 0.0377. The number of urea groups is 1. The number of carboxylic acid groups (broad SMARTS) is 4. The van der Waals surface area contributed by atoms with Gasteiger partial charge in [-0.3, -0.25) is 28.8 Å². The second-order valence-corrected chi connectivity index (χ2v) is 17.0. The monoisotopic (exact) mass is 989 g/mol. The van der Waals surface area contributed by atoms with Crippen LogP contribution in [-0.2, 0) is 64.2 Å². The first-order valence-corrected chi connectivity index (χ1v) is 23.7. The Labute approximate surface area is 411 Å². The van der Waals surface area contributed by atoms with Crippen molar-refractivity contribution in [2.24, 2.45) is 0 Å². The van der Waals surface area contributed by atoms with Crippen LogP contribution in [0.5, 0.6) is 5.75 Å². The zero-order valence-electron chi connectivity index (χ0n) is 39.7. The first kappa shape index (κ1) is 57.8. The van der Waals surface area contributed by atoms with Gasteiger partial charge in [-0.2, -0.15) is 0 Å². The topological polar surface area (TPSA) is 339 Å². The summed E-state index contributed by atoms with van der Waals surface area (Å²) in [5.74, 6) is -6.60. The zero-order chi connectivity index (χ0) is 52.0. The van der Waals surface area contributed by atoms with Gasteiger partial charge in [0.05, 0.1) is 6.54 Å². The van der Waals surface area contributed by atoms with Crippen LogP contribution in [0.3, 0.4) is 0 Å². The molecule has 0 radical (unpaired) electrons. The van der Waals surface area contributed by atoms with E-state index in [-0.39, 0.29) is 82.1 Å². The standard InChI is InChI=1S/C50H67N7O14/c58-41-30-35(20-22-36(41)31-51-32-45(63)64)21-24-43(60)54-40(29-34-16-8-5-9-17-34)47(66)55-39(28-33-14-6-4-7-15-33)46(65)53-27-12-3-1-2-10-19-42(59)52-26-13-11-18-37(48(67)68)56-50(71)57-38(49(69)70)23-25-44(61)62/h4-9,14-17,20,22,30,37-40,51,58H,1-3,10-13,18-19,21,23-29,31-32H2,(H,52,59)(H,53,65)(H,54,60)(H,55,66)(H,61,62)(H,63,64)(H,67,68)(H,69,70)(H2,56,57,71). The molecule has 3 aromatic carbocycles. The smallest absolute Gasteiger partial charge is 0.326 e. The van der Waals surface area contributed by atoms with Crippen molar-refractivity contribution in [1.82, 2.24) is 37.2 Å². The van der Waals surface area contributed by atoms with Gasteiger partial charge in [-0.15, -0.1) is 0 Å². The number of phenolic OH excluding ortho intramolecular Hbond substituents is 1. The molecule has 0 heterocycles. The lowest BCUT2D eigenvalue weighted by molar-refractivity contribution is -0.141. The molecule has 71 heavy (non-hydrogen) atoms. The van der Waals surface area contributed by atoms with Crippen LogP contribution in [0.15, 0.2) is 78.9 Å². The second-order valence-electron chi connectivity index (χ2n) is 17.0. The van der Waals surface area contributed by atoms with Crippen molar-refractivity contribution in [2.45, 2.75) is 127 Å². The number of carbonyl (C=O) groups excluding carboxylic acids is 5. The van der Waals surface area contributed by atoms with E-state index in [9.17, 15) is 58.5 Å². The molecule has 0 saturated carbocycles. The molecule has 0 bridgehead atoms. The summed E-state index contributed by atoms with van der Waals surface area (Å²) in [6.07, 6.45) is 4.39. The molecule has 0 aromatic heterocycles. The number of unbranched alkanes of at least 4 members (excludes halogenated alkanes) is 5. The molecular weight excluding hydrogens is 923 g/mol. The average molecular weight is 990 g/mol. The summed E-state index contributed by atoms with van der Waals surface area (Å²) in [6.45, 7) is 0.510. The van der Waals surface area contributed by atoms with Crippen LogP contribution in [0.2, 0.25) is 0 Å². The molecule has 12 N–H and O–H groups in total. The van der Waals surface area contributed by atoms with Gasteiger partial charge in [0.1, 0.15) is 29.9 Å². The zero-order valence-corrected chi connectivity index (χ0v) is 39.7. The van der Waals surface area contributed by atoms with Crippen molar-refractivity contribution in [3.63, 3.8) is 0 Å². The highest BCUT2D eigenvalue weighted by molar-refractivity contribution is 5.92. The Morgan fingerprint density at radius 2 is 1.04 bits per heavy atom. The van der Waals surface area contributed by atoms with Crippen molar-refractivity contribution >= 4 is 53.5 Å². The predicted molar refractivity (Wildman–Crippen MR) is 259 cm³/mol. The van der Waals surface area contributed by atoms with Gasteiger partial charge in [0, 0.05) is 57.3 Å². The number of nitrogens with one attached hydrogen (secondary N) is 7. The molecule has 3 aromatic rings. The number of carboxylic acids is 4. The number of rotatable bonds is 35. The Bertz CT molecular complexity index is 2210. The summed E-state index contributed by atoms with van der Waals surface area (Å²) in [4.78, 5) is 110. The van der Waals surface area contributed by atoms with E-state index in [1.807, 2.05) is 60.7 Å². The highest BCUT2D eigenvalue weighted by Crippen LogP contribution is 2.20. The number of hydrogen-bond donors (Lipinski definition) is 12. The normalized spacial score (nSPS) is 12.5. The molecule has 3 rings (SSSR count). The van der Waals surface area contributed by atoms with Crippen molar-refractivity contribution in [3.8, 4) is 5.75 Å². The van der Waals surface area contributed by atoms with Gasteiger partial charge >= 0.3 is 29.9 Å². The molecule has 21 nitrogen and oxygen atoms in total. The summed E-state index contributed by atoms with van der Waals surface area (Å²) in [7, 11) is 0. The van der Waals surface area contributed by atoms with Gasteiger partial charge in [-0.25, -0.2) is 14.4 Å². The lowest BCUT2D eigenvalue weighted by Gasteiger charge is -2.24. The van der Waals surface area contributed by atoms with E-state index in [1.165, 1.54) is 6.07 Å². The van der Waals surface area contributed by atoms with Crippen LogP contribution in [0.25, 0.3) is 0 Å². The Balaban J connectivity index is 1.42. The van der Waals surface area contributed by atoms with Crippen molar-refractivity contribution in [3.05, 3.63) is 101 Å². The summed E-state index contributed by atoms with van der Waals surface area (Å²) in [6, 6.07) is 17.4. The molecule has 0 spiro atoms. The minimum absolute atomic E-state index is 0.00128. The van der Waals surface area contributed by atoms with E-state index in [0.29, 0.717) is 43.4 Å². The third-order valence-electron chi connectivity index (χ3n) is 11.2. The van der Waals surface area contributed by atoms with E-state index in [1.54, 1.807) is 12.1 Å². The first-order chi connectivity index (χ1) is 34.0. The van der Waals surface area contributed by atoms with Crippen molar-refractivity contribution in [1.29, 1.82) is 0 Å². The number of aryl methyl sites for hydroxylation is 1. The van der Waals surface area contributed by atoms with Crippen LogP contribution < -0.4 is 37.2 Å². The van der Waals surface area contributed by atoms with E-state index in [4.69, 9.17) is 10.2 Å². The summed E-state index contributed by atoms with van der Waals surface area (Å²) in [5.41, 5.74) is 2.79. The molecule has 0 aliphatic carbocycles. The molecule has 4 unspecified atom stereocenters. The van der Waals surface area contributed by atoms with Crippen LogP contribution >= 0.6 is 0 Å². The number of aromatic hydroxyl groups is 1. The number of carbonyl (C=O) groups is 9. The Morgan fingerprint density at radius 3 is 1.63 bits per heavy atom. The molecular formula is C50H67N7O14. The molecule has 0 saturated heterocycles. The Kier molecular flexibility index (Phi) is 26.3. The van der Waals surface area contributed by atoms with E-state index in [0.717, 1.165) is 30.4 Å². The Hall–Kier alpha value is -7.55. The molecule has 0 fully saturated rings. The number of amides is 6. The number of benzene rings is 3. The fourth-order valence-electron chi connectivity index (χ4n) is 7.34. The highest BCUT2D eigenvalue weighted by atomic mass is 16.4. The van der Waals surface area contributed by atoms with Gasteiger partial charge in [-0.1, -0.05) is 92.1 Å². The van der Waals surface area contributed by atoms with Gasteiger partial charge < -0.3 is 62.8 Å². The van der Waals surface area contributed by atoms with Crippen molar-refractivity contribution in [2.75, 3.05) is 19.6 Å². The molecule has 4 atom stereocenters. The summed E-state index contributed by atoms with van der Waals surface area (Å²) in [5, 5.41) is 65.2. The predicted octanol–water partition coefficient (Wildman–Crippen LogP) is 2.77. The largest absolute Gasteiger partial charge is 0.508 e. The molecule has 0 aliphatic rings. The lowest BCUT2D eigenvalue weighted by Crippen LogP contribution is -2.55. The number of aliphatic carboxylic acids is 4. The maximum atomic E-state index is 14.0. The highest BCUT2D eigenvalue weighted by Gasteiger charge is 2.28. The molecule has 0 aliphatic heterocycles. The van der Waals surface area contributed by atoms with E-state index in [2.05, 4.69) is 37.2 Å². The third-order valence-corrected chi connectivity index (χ3v) is 11.2. The van der Waals surface area contributed by atoms with Crippen LogP contribution in [0.4, 0.5) is 4.79 Å². The Morgan fingerprint density at radius 1 is 0.479 bits per heavy atom. The first-order valence-electron chi connectivity index (χ1n) is 23.7. The van der Waals surface area contributed by atoms with Gasteiger partial charge in [-0.05, 0) is 67.7 Å². The molecule has 21 heteroatoms. The van der Waals surface area contributed by atoms with Gasteiger partial charge in [0.15, 0.2) is 0 Å². The van der Waals surface area contributed by atoms with Crippen molar-refractivity contribution < 1.29 is 68.7 Å².